The molecule has 122 valence electrons. The van der Waals surface area contributed by atoms with Gasteiger partial charge < -0.3 is 9.64 Å². The van der Waals surface area contributed by atoms with E-state index in [1.165, 1.54) is 19.2 Å². The van der Waals surface area contributed by atoms with Gasteiger partial charge in [-0.1, -0.05) is 28.1 Å². The molecule has 0 aliphatic carbocycles. The Bertz CT molecular complexity index is 513. The Balaban J connectivity index is 2.24. The summed E-state index contributed by atoms with van der Waals surface area (Å²) in [5.74, 6) is -0.882. The molecular formula is C15H17BrF3NO2. The normalized spacial score (nSPS) is 18.0. The molecule has 1 aliphatic heterocycles. The van der Waals surface area contributed by atoms with Crippen LogP contribution in [-0.2, 0) is 9.53 Å². The molecule has 1 aromatic rings. The van der Waals surface area contributed by atoms with Crippen LogP contribution < -0.4 is 0 Å². The van der Waals surface area contributed by atoms with Gasteiger partial charge in [-0.3, -0.25) is 4.79 Å². The first-order valence-corrected chi connectivity index (χ1v) is 7.76. The molecule has 7 heteroatoms. The molecule has 1 aliphatic rings. The number of nitrogens with zero attached hydrogens (tertiary/aromatic N) is 1. The minimum Gasteiger partial charge on any atom is -0.381 e. The van der Waals surface area contributed by atoms with Crippen LogP contribution in [0.2, 0.25) is 0 Å². The van der Waals surface area contributed by atoms with Crippen molar-refractivity contribution < 1.29 is 22.7 Å². The second-order valence-electron chi connectivity index (χ2n) is 5.33. The Hall–Kier alpha value is -1.08. The van der Waals surface area contributed by atoms with Gasteiger partial charge in [0.15, 0.2) is 6.04 Å². The SMILES string of the molecule is CN(C(=O)C1CCOCC1)C(c1ccc(Br)cc1)C(F)(F)F. The second kappa shape index (κ2) is 7.00. The molecule has 1 atom stereocenters. The Morgan fingerprint density at radius 2 is 1.82 bits per heavy atom. The van der Waals surface area contributed by atoms with Gasteiger partial charge in [-0.15, -0.1) is 0 Å². The highest BCUT2D eigenvalue weighted by atomic mass is 79.9. The Kier molecular flexibility index (Phi) is 5.50. The van der Waals surface area contributed by atoms with E-state index in [4.69, 9.17) is 4.74 Å². The summed E-state index contributed by atoms with van der Waals surface area (Å²) < 4.78 is 46.2. The molecule has 0 bridgehead atoms. The van der Waals surface area contributed by atoms with Crippen molar-refractivity contribution >= 4 is 21.8 Å². The molecule has 1 unspecified atom stereocenters. The lowest BCUT2D eigenvalue weighted by Gasteiger charge is -2.34. The van der Waals surface area contributed by atoms with Crippen molar-refractivity contribution in [3.63, 3.8) is 0 Å². The van der Waals surface area contributed by atoms with Gasteiger partial charge in [-0.05, 0) is 30.5 Å². The van der Waals surface area contributed by atoms with E-state index in [0.29, 0.717) is 30.5 Å². The molecular weight excluding hydrogens is 363 g/mol. The molecule has 2 rings (SSSR count). The van der Waals surface area contributed by atoms with E-state index in [1.54, 1.807) is 12.1 Å². The van der Waals surface area contributed by atoms with Crippen LogP contribution in [0.1, 0.15) is 24.4 Å². The quantitative estimate of drug-likeness (QED) is 0.795. The molecule has 1 amide bonds. The molecule has 1 saturated heterocycles. The molecule has 3 nitrogen and oxygen atoms in total. The molecule has 0 saturated carbocycles. The molecule has 1 heterocycles. The van der Waals surface area contributed by atoms with Gasteiger partial charge in [0.1, 0.15) is 0 Å². The standard InChI is InChI=1S/C15H17BrF3NO2/c1-20(14(21)11-6-8-22-9-7-11)13(15(17,18)19)10-2-4-12(16)5-3-10/h2-5,11,13H,6-9H2,1H3. The minimum absolute atomic E-state index is 0.0543. The van der Waals surface area contributed by atoms with Crippen molar-refractivity contribution in [2.75, 3.05) is 20.3 Å². The lowest BCUT2D eigenvalue weighted by atomic mass is 9.96. The molecule has 1 fully saturated rings. The maximum Gasteiger partial charge on any atom is 0.413 e. The van der Waals surface area contributed by atoms with E-state index < -0.39 is 24.0 Å². The third-order valence-corrected chi connectivity index (χ3v) is 4.33. The monoisotopic (exact) mass is 379 g/mol. The van der Waals surface area contributed by atoms with Gasteiger partial charge in [-0.25, -0.2) is 0 Å². The number of hydrogen-bond donors (Lipinski definition) is 0. The molecule has 0 radical (unpaired) electrons. The van der Waals surface area contributed by atoms with Crippen molar-refractivity contribution in [2.24, 2.45) is 5.92 Å². The predicted molar refractivity (Wildman–Crippen MR) is 79.3 cm³/mol. The Morgan fingerprint density at radius 1 is 1.27 bits per heavy atom. The Labute approximate surface area is 135 Å². The number of halogens is 4. The first-order valence-electron chi connectivity index (χ1n) is 6.97. The number of alkyl halides is 3. The number of ether oxygens (including phenoxy) is 1. The number of hydrogen-bond acceptors (Lipinski definition) is 2. The average Bonchev–Trinajstić information content (AvgIpc) is 2.48. The van der Waals surface area contributed by atoms with Gasteiger partial charge in [0, 0.05) is 30.7 Å². The van der Waals surface area contributed by atoms with Crippen molar-refractivity contribution in [1.29, 1.82) is 0 Å². The highest BCUT2D eigenvalue weighted by Crippen LogP contribution is 2.38. The van der Waals surface area contributed by atoms with Crippen molar-refractivity contribution in [2.45, 2.75) is 25.1 Å². The van der Waals surface area contributed by atoms with E-state index in [9.17, 15) is 18.0 Å². The van der Waals surface area contributed by atoms with Crippen LogP contribution in [0, 0.1) is 5.92 Å². The second-order valence-corrected chi connectivity index (χ2v) is 6.25. The van der Waals surface area contributed by atoms with Gasteiger partial charge in [-0.2, -0.15) is 13.2 Å². The summed E-state index contributed by atoms with van der Waals surface area (Å²) in [6, 6.07) is 3.92. The van der Waals surface area contributed by atoms with Crippen molar-refractivity contribution in [1.82, 2.24) is 4.90 Å². The summed E-state index contributed by atoms with van der Waals surface area (Å²) in [6.07, 6.45) is -3.59. The summed E-state index contributed by atoms with van der Waals surface area (Å²) in [4.78, 5) is 13.2. The number of carbonyl (C=O) groups is 1. The molecule has 1 aromatic carbocycles. The summed E-state index contributed by atoms with van der Waals surface area (Å²) in [5, 5.41) is 0. The zero-order valence-electron chi connectivity index (χ0n) is 12.1. The van der Waals surface area contributed by atoms with Crippen LogP contribution in [0.4, 0.5) is 13.2 Å². The highest BCUT2D eigenvalue weighted by Gasteiger charge is 2.46. The topological polar surface area (TPSA) is 29.5 Å². The lowest BCUT2D eigenvalue weighted by Crippen LogP contribution is -2.43. The Morgan fingerprint density at radius 3 is 2.32 bits per heavy atom. The van der Waals surface area contributed by atoms with Crippen LogP contribution in [0.3, 0.4) is 0 Å². The summed E-state index contributed by atoms with van der Waals surface area (Å²) >= 11 is 3.20. The zero-order valence-corrected chi connectivity index (χ0v) is 13.7. The van der Waals surface area contributed by atoms with Crippen molar-refractivity contribution in [3.05, 3.63) is 34.3 Å². The number of amides is 1. The van der Waals surface area contributed by atoms with Gasteiger partial charge in [0.05, 0.1) is 0 Å². The van der Waals surface area contributed by atoms with Crippen LogP contribution in [0.25, 0.3) is 0 Å². The number of carbonyl (C=O) groups excluding carboxylic acids is 1. The number of benzene rings is 1. The van der Waals surface area contributed by atoms with Crippen LogP contribution in [0.5, 0.6) is 0 Å². The van der Waals surface area contributed by atoms with E-state index in [2.05, 4.69) is 15.9 Å². The maximum atomic E-state index is 13.5. The van der Waals surface area contributed by atoms with E-state index in [0.717, 1.165) is 4.90 Å². The van der Waals surface area contributed by atoms with E-state index in [1.807, 2.05) is 0 Å². The fourth-order valence-electron chi connectivity index (χ4n) is 2.64. The maximum absolute atomic E-state index is 13.5. The lowest BCUT2D eigenvalue weighted by molar-refractivity contribution is -0.191. The van der Waals surface area contributed by atoms with Crippen LogP contribution in [0.15, 0.2) is 28.7 Å². The zero-order chi connectivity index (χ0) is 16.3. The summed E-state index contributed by atoms with van der Waals surface area (Å²) in [6.45, 7) is 0.832. The molecule has 0 aromatic heterocycles. The smallest absolute Gasteiger partial charge is 0.381 e. The van der Waals surface area contributed by atoms with Crippen molar-refractivity contribution in [3.8, 4) is 0 Å². The number of rotatable bonds is 3. The minimum atomic E-state index is -4.52. The predicted octanol–water partition coefficient (Wildman–Crippen LogP) is 3.94. The van der Waals surface area contributed by atoms with Gasteiger partial charge >= 0.3 is 6.18 Å². The van der Waals surface area contributed by atoms with Crippen LogP contribution in [-0.4, -0.2) is 37.2 Å². The first-order chi connectivity index (χ1) is 10.3. The highest BCUT2D eigenvalue weighted by molar-refractivity contribution is 9.10. The van der Waals surface area contributed by atoms with Gasteiger partial charge in [0.2, 0.25) is 5.91 Å². The van der Waals surface area contributed by atoms with E-state index in [-0.39, 0.29) is 5.56 Å². The van der Waals surface area contributed by atoms with E-state index >= 15 is 0 Å². The third-order valence-electron chi connectivity index (χ3n) is 3.80. The molecule has 0 spiro atoms. The molecule has 22 heavy (non-hydrogen) atoms. The largest absolute Gasteiger partial charge is 0.413 e. The average molecular weight is 380 g/mol. The summed E-state index contributed by atoms with van der Waals surface area (Å²) in [7, 11) is 1.22. The fraction of sp³-hybridized carbons (Fsp3) is 0.533. The third kappa shape index (κ3) is 4.01. The van der Waals surface area contributed by atoms with Gasteiger partial charge in [0.25, 0.3) is 0 Å². The molecule has 0 N–H and O–H groups in total. The summed E-state index contributed by atoms with van der Waals surface area (Å²) in [5.41, 5.74) is 0.0543. The van der Waals surface area contributed by atoms with Crippen LogP contribution >= 0.6 is 15.9 Å². The first kappa shape index (κ1) is 17.3. The fourth-order valence-corrected chi connectivity index (χ4v) is 2.90.